The van der Waals surface area contributed by atoms with Crippen molar-refractivity contribution < 1.29 is 13.5 Å². The molecule has 0 saturated carbocycles. The van der Waals surface area contributed by atoms with Crippen LogP contribution in [0.5, 0.6) is 5.75 Å². The molecular formula is C15H15F2NO. The van der Waals surface area contributed by atoms with Crippen LogP contribution in [0.15, 0.2) is 48.5 Å². The number of benzene rings is 2. The maximum absolute atomic E-state index is 12.9. The Balaban J connectivity index is 1.69. The number of hydrogen-bond donors (Lipinski definition) is 1. The van der Waals surface area contributed by atoms with Crippen LogP contribution in [-0.4, -0.2) is 13.2 Å². The summed E-state index contributed by atoms with van der Waals surface area (Å²) < 4.78 is 31.0. The number of ether oxygens (including phenoxy) is 1. The second kappa shape index (κ2) is 6.85. The highest BCUT2D eigenvalue weighted by atomic mass is 19.1. The molecule has 0 aliphatic carbocycles. The number of halogens is 2. The van der Waals surface area contributed by atoms with Crippen molar-refractivity contribution >= 4 is 0 Å². The number of hydrogen-bond acceptors (Lipinski definition) is 2. The van der Waals surface area contributed by atoms with Crippen molar-refractivity contribution in [2.45, 2.75) is 6.54 Å². The summed E-state index contributed by atoms with van der Waals surface area (Å²) in [4.78, 5) is 0. The Hall–Kier alpha value is -1.94. The summed E-state index contributed by atoms with van der Waals surface area (Å²) in [5, 5.41) is 3.19. The van der Waals surface area contributed by atoms with E-state index in [0.29, 0.717) is 13.2 Å². The molecule has 2 aromatic rings. The molecule has 0 heterocycles. The summed E-state index contributed by atoms with van der Waals surface area (Å²) in [6.07, 6.45) is 0. The molecule has 19 heavy (non-hydrogen) atoms. The molecule has 4 heteroatoms. The van der Waals surface area contributed by atoms with Gasteiger partial charge in [-0.2, -0.15) is 0 Å². The molecule has 0 amide bonds. The Morgan fingerprint density at radius 1 is 0.947 bits per heavy atom. The Morgan fingerprint density at radius 2 is 1.63 bits per heavy atom. The summed E-state index contributed by atoms with van der Waals surface area (Å²) in [5.74, 6) is -1.06. The molecule has 2 nitrogen and oxygen atoms in total. The van der Waals surface area contributed by atoms with Gasteiger partial charge in [0, 0.05) is 31.3 Å². The average molecular weight is 263 g/mol. The summed E-state index contributed by atoms with van der Waals surface area (Å²) in [7, 11) is 0. The Bertz CT molecular complexity index is 497. The van der Waals surface area contributed by atoms with Crippen LogP contribution in [0.3, 0.4) is 0 Å². The smallest absolute Gasteiger partial charge is 0.129 e. The first-order valence-corrected chi connectivity index (χ1v) is 6.07. The summed E-state index contributed by atoms with van der Waals surface area (Å²) in [6.45, 7) is 1.70. The van der Waals surface area contributed by atoms with Crippen LogP contribution < -0.4 is 10.1 Å². The third-order valence-corrected chi connectivity index (χ3v) is 2.56. The molecule has 0 bridgehead atoms. The maximum atomic E-state index is 12.9. The van der Waals surface area contributed by atoms with Crippen LogP contribution in [0.4, 0.5) is 8.78 Å². The highest BCUT2D eigenvalue weighted by Gasteiger charge is 2.01. The molecule has 0 aliphatic rings. The van der Waals surface area contributed by atoms with Crippen molar-refractivity contribution in [2.75, 3.05) is 13.2 Å². The van der Waals surface area contributed by atoms with E-state index in [2.05, 4.69) is 5.32 Å². The molecule has 0 fully saturated rings. The monoisotopic (exact) mass is 263 g/mol. The summed E-state index contributed by atoms with van der Waals surface area (Å²) in [6, 6.07) is 13.1. The van der Waals surface area contributed by atoms with Crippen molar-refractivity contribution in [3.63, 3.8) is 0 Å². The van der Waals surface area contributed by atoms with Gasteiger partial charge < -0.3 is 10.1 Å². The van der Waals surface area contributed by atoms with Gasteiger partial charge in [-0.15, -0.1) is 0 Å². The van der Waals surface area contributed by atoms with E-state index in [1.54, 1.807) is 0 Å². The van der Waals surface area contributed by atoms with Crippen LogP contribution in [0.1, 0.15) is 5.56 Å². The molecular weight excluding hydrogens is 248 g/mol. The SMILES string of the molecule is Fc1cc(F)cc(OCCNCc2ccccc2)c1. The summed E-state index contributed by atoms with van der Waals surface area (Å²) in [5.41, 5.74) is 1.18. The highest BCUT2D eigenvalue weighted by molar-refractivity contribution is 5.23. The van der Waals surface area contributed by atoms with Crippen molar-refractivity contribution in [1.82, 2.24) is 5.32 Å². The third-order valence-electron chi connectivity index (χ3n) is 2.56. The van der Waals surface area contributed by atoms with Crippen LogP contribution in [-0.2, 0) is 6.54 Å². The summed E-state index contributed by atoms with van der Waals surface area (Å²) >= 11 is 0. The van der Waals surface area contributed by atoms with Gasteiger partial charge in [-0.05, 0) is 5.56 Å². The molecule has 0 spiro atoms. The van der Waals surface area contributed by atoms with Gasteiger partial charge in [0.1, 0.15) is 24.0 Å². The zero-order chi connectivity index (χ0) is 13.5. The quantitative estimate of drug-likeness (QED) is 0.808. The van der Waals surface area contributed by atoms with Gasteiger partial charge >= 0.3 is 0 Å². The Kier molecular flexibility index (Phi) is 4.86. The lowest BCUT2D eigenvalue weighted by Gasteiger charge is -2.08. The molecule has 0 atom stereocenters. The minimum Gasteiger partial charge on any atom is -0.492 e. The Morgan fingerprint density at radius 3 is 2.32 bits per heavy atom. The fourth-order valence-corrected chi connectivity index (χ4v) is 1.68. The number of rotatable bonds is 6. The lowest BCUT2D eigenvalue weighted by atomic mass is 10.2. The normalized spacial score (nSPS) is 10.4. The fraction of sp³-hybridized carbons (Fsp3) is 0.200. The van der Waals surface area contributed by atoms with Gasteiger partial charge in [-0.1, -0.05) is 30.3 Å². The predicted molar refractivity (Wildman–Crippen MR) is 70.0 cm³/mol. The lowest BCUT2D eigenvalue weighted by Crippen LogP contribution is -2.20. The van der Waals surface area contributed by atoms with E-state index >= 15 is 0 Å². The van der Waals surface area contributed by atoms with Crippen LogP contribution >= 0.6 is 0 Å². The van der Waals surface area contributed by atoms with Crippen LogP contribution in [0.25, 0.3) is 0 Å². The largest absolute Gasteiger partial charge is 0.492 e. The van der Waals surface area contributed by atoms with Crippen molar-refractivity contribution in [3.05, 3.63) is 65.7 Å². The van der Waals surface area contributed by atoms with E-state index in [0.717, 1.165) is 12.6 Å². The third kappa shape index (κ3) is 4.67. The molecule has 0 unspecified atom stereocenters. The van der Waals surface area contributed by atoms with Gasteiger partial charge in [0.15, 0.2) is 0 Å². The average Bonchev–Trinajstić information content (AvgIpc) is 2.38. The molecule has 2 aromatic carbocycles. The van der Waals surface area contributed by atoms with Crippen molar-refractivity contribution in [2.24, 2.45) is 0 Å². The van der Waals surface area contributed by atoms with Gasteiger partial charge in [0.05, 0.1) is 0 Å². The van der Waals surface area contributed by atoms with E-state index in [1.165, 1.54) is 17.7 Å². The molecule has 0 saturated heterocycles. The molecule has 100 valence electrons. The van der Waals surface area contributed by atoms with Gasteiger partial charge in [-0.25, -0.2) is 8.78 Å². The minimum absolute atomic E-state index is 0.207. The number of nitrogens with one attached hydrogen (secondary N) is 1. The van der Waals surface area contributed by atoms with E-state index in [4.69, 9.17) is 4.74 Å². The fourth-order valence-electron chi connectivity index (χ4n) is 1.68. The van der Waals surface area contributed by atoms with Crippen LogP contribution in [0, 0.1) is 11.6 Å². The van der Waals surface area contributed by atoms with E-state index in [-0.39, 0.29) is 5.75 Å². The predicted octanol–water partition coefficient (Wildman–Crippen LogP) is 3.13. The van der Waals surface area contributed by atoms with E-state index < -0.39 is 11.6 Å². The maximum Gasteiger partial charge on any atom is 0.129 e. The van der Waals surface area contributed by atoms with Gasteiger partial charge in [0.25, 0.3) is 0 Å². The Labute approximate surface area is 111 Å². The lowest BCUT2D eigenvalue weighted by molar-refractivity contribution is 0.310. The molecule has 1 N–H and O–H groups in total. The molecule has 0 aliphatic heterocycles. The first kappa shape index (κ1) is 13.5. The van der Waals surface area contributed by atoms with Gasteiger partial charge in [-0.3, -0.25) is 0 Å². The minimum atomic E-state index is -0.632. The zero-order valence-electron chi connectivity index (χ0n) is 10.4. The first-order valence-electron chi connectivity index (χ1n) is 6.07. The molecule has 2 rings (SSSR count). The first-order chi connectivity index (χ1) is 9.24. The van der Waals surface area contributed by atoms with Crippen molar-refractivity contribution in [3.8, 4) is 5.75 Å². The second-order valence-corrected chi connectivity index (χ2v) is 4.12. The molecule has 0 radical (unpaired) electrons. The van der Waals surface area contributed by atoms with E-state index in [1.807, 2.05) is 30.3 Å². The highest BCUT2D eigenvalue weighted by Crippen LogP contribution is 2.14. The second-order valence-electron chi connectivity index (χ2n) is 4.12. The standard InChI is InChI=1S/C15H15F2NO/c16-13-8-14(17)10-15(9-13)19-7-6-18-11-12-4-2-1-3-5-12/h1-5,8-10,18H,6-7,11H2. The van der Waals surface area contributed by atoms with E-state index in [9.17, 15) is 8.78 Å². The van der Waals surface area contributed by atoms with Crippen LogP contribution in [0.2, 0.25) is 0 Å². The molecule has 0 aromatic heterocycles. The van der Waals surface area contributed by atoms with Crippen molar-refractivity contribution in [1.29, 1.82) is 0 Å². The topological polar surface area (TPSA) is 21.3 Å². The van der Waals surface area contributed by atoms with Gasteiger partial charge in [0.2, 0.25) is 0 Å². The zero-order valence-corrected chi connectivity index (χ0v) is 10.4.